The number of carbonyl (C=O) groups excluding carboxylic acids is 1. The summed E-state index contributed by atoms with van der Waals surface area (Å²) in [7, 11) is 1.62. The quantitative estimate of drug-likeness (QED) is 0.668. The van der Waals surface area contributed by atoms with E-state index in [-0.39, 0.29) is 11.8 Å². The van der Waals surface area contributed by atoms with Crippen molar-refractivity contribution in [1.82, 2.24) is 5.43 Å². The van der Waals surface area contributed by atoms with Gasteiger partial charge in [0.2, 0.25) is 5.91 Å². The molecule has 102 valence electrons. The van der Waals surface area contributed by atoms with Crippen LogP contribution in [-0.4, -0.2) is 19.2 Å². The van der Waals surface area contributed by atoms with Crippen LogP contribution in [0.15, 0.2) is 29.4 Å². The zero-order valence-corrected chi connectivity index (χ0v) is 11.3. The normalized spacial score (nSPS) is 16.5. The van der Waals surface area contributed by atoms with Crippen molar-refractivity contribution in [3.05, 3.63) is 29.8 Å². The molecule has 2 rings (SSSR count). The third kappa shape index (κ3) is 3.81. The standard InChI is InChI=1S/C15H20N2O2/c1-19-14-10-6-5-9-13(14)11-16-17-15(18)12-7-3-2-4-8-12/h5-6,9-12H,2-4,7-8H2,1H3,(H,17,18)/b16-11+. The lowest BCUT2D eigenvalue weighted by molar-refractivity contribution is -0.125. The van der Waals surface area contributed by atoms with Gasteiger partial charge in [-0.25, -0.2) is 5.43 Å². The van der Waals surface area contributed by atoms with Crippen LogP contribution < -0.4 is 10.2 Å². The Hall–Kier alpha value is -1.84. The first kappa shape index (κ1) is 13.6. The maximum absolute atomic E-state index is 11.9. The average molecular weight is 260 g/mol. The highest BCUT2D eigenvalue weighted by atomic mass is 16.5. The monoisotopic (exact) mass is 260 g/mol. The number of amides is 1. The molecule has 4 heteroatoms. The molecule has 0 unspecified atom stereocenters. The number of hydrogen-bond donors (Lipinski definition) is 1. The van der Waals surface area contributed by atoms with E-state index in [1.54, 1.807) is 13.3 Å². The van der Waals surface area contributed by atoms with E-state index in [1.165, 1.54) is 6.42 Å². The largest absolute Gasteiger partial charge is 0.496 e. The van der Waals surface area contributed by atoms with E-state index in [2.05, 4.69) is 10.5 Å². The Morgan fingerprint density at radius 1 is 1.32 bits per heavy atom. The summed E-state index contributed by atoms with van der Waals surface area (Å²) < 4.78 is 5.22. The molecule has 0 bridgehead atoms. The third-order valence-electron chi connectivity index (χ3n) is 3.49. The molecule has 4 nitrogen and oxygen atoms in total. The number of hydrogen-bond acceptors (Lipinski definition) is 3. The van der Waals surface area contributed by atoms with Crippen molar-refractivity contribution in [2.75, 3.05) is 7.11 Å². The minimum atomic E-state index is 0.0332. The molecule has 0 aliphatic heterocycles. The van der Waals surface area contributed by atoms with Crippen LogP contribution in [0, 0.1) is 5.92 Å². The number of para-hydroxylation sites is 1. The average Bonchev–Trinajstić information content (AvgIpc) is 2.48. The summed E-state index contributed by atoms with van der Waals surface area (Å²) in [6.07, 6.45) is 7.13. The van der Waals surface area contributed by atoms with Crippen LogP contribution in [0.4, 0.5) is 0 Å². The Labute approximate surface area is 113 Å². The van der Waals surface area contributed by atoms with Crippen molar-refractivity contribution in [2.24, 2.45) is 11.0 Å². The van der Waals surface area contributed by atoms with Crippen molar-refractivity contribution >= 4 is 12.1 Å². The van der Waals surface area contributed by atoms with Crippen molar-refractivity contribution in [1.29, 1.82) is 0 Å². The molecule has 0 aromatic heterocycles. The van der Waals surface area contributed by atoms with Crippen LogP contribution in [0.3, 0.4) is 0 Å². The van der Waals surface area contributed by atoms with E-state index in [0.29, 0.717) is 0 Å². The number of ether oxygens (including phenoxy) is 1. The number of carbonyl (C=O) groups is 1. The fraction of sp³-hybridized carbons (Fsp3) is 0.467. The minimum absolute atomic E-state index is 0.0332. The first-order valence-corrected chi connectivity index (χ1v) is 6.77. The Bertz CT molecular complexity index is 451. The van der Waals surface area contributed by atoms with Gasteiger partial charge in [-0.3, -0.25) is 4.79 Å². The lowest BCUT2D eigenvalue weighted by Gasteiger charge is -2.19. The van der Waals surface area contributed by atoms with E-state index < -0.39 is 0 Å². The molecule has 0 spiro atoms. The van der Waals surface area contributed by atoms with Gasteiger partial charge in [-0.1, -0.05) is 31.4 Å². The van der Waals surface area contributed by atoms with Crippen molar-refractivity contribution in [3.8, 4) is 5.75 Å². The zero-order chi connectivity index (χ0) is 13.5. The molecule has 0 radical (unpaired) electrons. The van der Waals surface area contributed by atoms with E-state index in [9.17, 15) is 4.79 Å². The van der Waals surface area contributed by atoms with E-state index in [4.69, 9.17) is 4.74 Å². The molecule has 19 heavy (non-hydrogen) atoms. The van der Waals surface area contributed by atoms with Crippen LogP contribution in [-0.2, 0) is 4.79 Å². The highest BCUT2D eigenvalue weighted by Gasteiger charge is 2.20. The smallest absolute Gasteiger partial charge is 0.243 e. The van der Waals surface area contributed by atoms with Crippen LogP contribution in [0.25, 0.3) is 0 Å². The predicted molar refractivity (Wildman–Crippen MR) is 75.3 cm³/mol. The van der Waals surface area contributed by atoms with Gasteiger partial charge in [-0.2, -0.15) is 5.10 Å². The van der Waals surface area contributed by atoms with E-state index >= 15 is 0 Å². The molecule has 0 atom stereocenters. The Kier molecular flexibility index (Phi) is 4.95. The molecule has 1 fully saturated rings. The molecule has 1 N–H and O–H groups in total. The minimum Gasteiger partial charge on any atom is -0.496 e. The van der Waals surface area contributed by atoms with Crippen molar-refractivity contribution < 1.29 is 9.53 Å². The summed E-state index contributed by atoms with van der Waals surface area (Å²) >= 11 is 0. The Morgan fingerprint density at radius 2 is 2.05 bits per heavy atom. The number of benzene rings is 1. The van der Waals surface area contributed by atoms with E-state index in [0.717, 1.165) is 37.0 Å². The van der Waals surface area contributed by atoms with E-state index in [1.807, 2.05) is 24.3 Å². The van der Waals surface area contributed by atoms with Crippen LogP contribution in [0.2, 0.25) is 0 Å². The summed E-state index contributed by atoms with van der Waals surface area (Å²) in [5.74, 6) is 0.910. The molecule has 1 amide bonds. The summed E-state index contributed by atoms with van der Waals surface area (Å²) in [5.41, 5.74) is 3.48. The summed E-state index contributed by atoms with van der Waals surface area (Å²) in [6, 6.07) is 7.57. The van der Waals surface area contributed by atoms with Gasteiger partial charge in [-0.15, -0.1) is 0 Å². The van der Waals surface area contributed by atoms with Gasteiger partial charge in [0, 0.05) is 11.5 Å². The molecular weight excluding hydrogens is 240 g/mol. The topological polar surface area (TPSA) is 50.7 Å². The maximum Gasteiger partial charge on any atom is 0.243 e. The zero-order valence-electron chi connectivity index (χ0n) is 11.3. The highest BCUT2D eigenvalue weighted by Crippen LogP contribution is 2.23. The first-order valence-electron chi connectivity index (χ1n) is 6.77. The van der Waals surface area contributed by atoms with Gasteiger partial charge >= 0.3 is 0 Å². The number of hydrazone groups is 1. The van der Waals surface area contributed by atoms with Crippen LogP contribution in [0.5, 0.6) is 5.75 Å². The number of nitrogens with one attached hydrogen (secondary N) is 1. The van der Waals surface area contributed by atoms with Crippen molar-refractivity contribution in [2.45, 2.75) is 32.1 Å². The second-order valence-electron chi connectivity index (χ2n) is 4.81. The molecule has 1 saturated carbocycles. The fourth-order valence-corrected chi connectivity index (χ4v) is 2.39. The molecule has 1 aromatic carbocycles. The van der Waals surface area contributed by atoms with Gasteiger partial charge < -0.3 is 4.74 Å². The molecule has 1 aliphatic rings. The molecule has 0 saturated heterocycles. The Balaban J connectivity index is 1.90. The predicted octanol–water partition coefficient (Wildman–Crippen LogP) is 2.73. The second-order valence-corrected chi connectivity index (χ2v) is 4.81. The summed E-state index contributed by atoms with van der Waals surface area (Å²) in [4.78, 5) is 11.9. The van der Waals surface area contributed by atoms with Gasteiger partial charge in [0.25, 0.3) is 0 Å². The van der Waals surface area contributed by atoms with Crippen LogP contribution in [0.1, 0.15) is 37.7 Å². The third-order valence-corrected chi connectivity index (χ3v) is 3.49. The maximum atomic E-state index is 11.9. The highest BCUT2D eigenvalue weighted by molar-refractivity contribution is 5.85. The van der Waals surface area contributed by atoms with Gasteiger partial charge in [-0.05, 0) is 25.0 Å². The van der Waals surface area contributed by atoms with Crippen molar-refractivity contribution in [3.63, 3.8) is 0 Å². The molecule has 1 aliphatic carbocycles. The summed E-state index contributed by atoms with van der Waals surface area (Å²) in [5, 5.41) is 4.02. The first-order chi connectivity index (χ1) is 9.31. The number of nitrogens with zero attached hydrogens (tertiary/aromatic N) is 1. The van der Waals surface area contributed by atoms with Gasteiger partial charge in [0.1, 0.15) is 5.75 Å². The number of rotatable bonds is 4. The Morgan fingerprint density at radius 3 is 2.79 bits per heavy atom. The SMILES string of the molecule is COc1ccccc1/C=N/NC(=O)C1CCCCC1. The van der Waals surface area contributed by atoms with Crippen LogP contribution >= 0.6 is 0 Å². The number of methoxy groups -OCH3 is 1. The second kappa shape index (κ2) is 6.92. The van der Waals surface area contributed by atoms with Gasteiger partial charge in [0.05, 0.1) is 13.3 Å². The molecule has 0 heterocycles. The lowest BCUT2D eigenvalue weighted by Crippen LogP contribution is -2.28. The molecular formula is C15H20N2O2. The lowest BCUT2D eigenvalue weighted by atomic mass is 9.89. The fourth-order valence-electron chi connectivity index (χ4n) is 2.39. The van der Waals surface area contributed by atoms with Gasteiger partial charge in [0.15, 0.2) is 0 Å². The summed E-state index contributed by atoms with van der Waals surface area (Å²) in [6.45, 7) is 0. The molecule has 1 aromatic rings.